The number of carbonyl (C=O) groups excluding carboxylic acids is 1. The van der Waals surface area contributed by atoms with Crippen LogP contribution in [0.1, 0.15) is 50.7 Å². The van der Waals surface area contributed by atoms with E-state index in [4.69, 9.17) is 22.1 Å². The van der Waals surface area contributed by atoms with Crippen LogP contribution in [0.3, 0.4) is 0 Å². The van der Waals surface area contributed by atoms with Crippen molar-refractivity contribution in [1.82, 2.24) is 14.7 Å². The van der Waals surface area contributed by atoms with E-state index in [0.717, 1.165) is 53.8 Å². The molecular weight excluding hydrogens is 566 g/mol. The summed E-state index contributed by atoms with van der Waals surface area (Å²) in [7, 11) is 0. The van der Waals surface area contributed by atoms with Crippen LogP contribution in [0.5, 0.6) is 5.75 Å². The van der Waals surface area contributed by atoms with E-state index < -0.39 is 0 Å². The van der Waals surface area contributed by atoms with Gasteiger partial charge in [0.1, 0.15) is 22.5 Å². The third kappa shape index (κ3) is 7.17. The minimum absolute atomic E-state index is 0.0390. The van der Waals surface area contributed by atoms with Crippen molar-refractivity contribution in [2.45, 2.75) is 46.1 Å². The van der Waals surface area contributed by atoms with Crippen LogP contribution >= 0.6 is 24.0 Å². The summed E-state index contributed by atoms with van der Waals surface area (Å²) in [6, 6.07) is 23.9. The quantitative estimate of drug-likeness (QED) is 0.120. The lowest BCUT2D eigenvalue weighted by atomic mass is 9.99. The van der Waals surface area contributed by atoms with Crippen molar-refractivity contribution >= 4 is 40.3 Å². The molecule has 1 aliphatic rings. The number of ether oxygens (including phenoxy) is 1. The number of hydrogen-bond acceptors (Lipinski definition) is 5. The molecule has 5 nitrogen and oxygen atoms in total. The maximum absolute atomic E-state index is 13.5. The van der Waals surface area contributed by atoms with E-state index in [1.54, 1.807) is 17.0 Å². The third-order valence-corrected chi connectivity index (χ3v) is 8.73. The van der Waals surface area contributed by atoms with E-state index in [0.29, 0.717) is 34.0 Å². The molecule has 1 amide bonds. The van der Waals surface area contributed by atoms with Gasteiger partial charge in [0.2, 0.25) is 0 Å². The minimum atomic E-state index is -0.270. The Bertz CT molecular complexity index is 1550. The van der Waals surface area contributed by atoms with Crippen molar-refractivity contribution in [3.8, 4) is 22.7 Å². The number of amides is 1. The highest BCUT2D eigenvalue weighted by molar-refractivity contribution is 8.26. The van der Waals surface area contributed by atoms with E-state index in [2.05, 4.69) is 13.8 Å². The molecule has 0 aliphatic carbocycles. The molecule has 4 aromatic rings. The predicted octanol–water partition coefficient (Wildman–Crippen LogP) is 8.68. The zero-order valence-corrected chi connectivity index (χ0v) is 25.5. The number of para-hydroxylation sites is 1. The number of nitrogens with zero attached hydrogens (tertiary/aromatic N) is 3. The number of aromatic nitrogens is 2. The summed E-state index contributed by atoms with van der Waals surface area (Å²) in [6.07, 6.45) is 8.28. The molecule has 0 saturated carbocycles. The number of halogens is 1. The van der Waals surface area contributed by atoms with Gasteiger partial charge in [0, 0.05) is 23.9 Å². The van der Waals surface area contributed by atoms with Crippen molar-refractivity contribution in [2.24, 2.45) is 5.92 Å². The number of hydrogen-bond donors (Lipinski definition) is 0. The first-order valence-corrected chi connectivity index (χ1v) is 15.6. The zero-order chi connectivity index (χ0) is 29.5. The Labute approximate surface area is 256 Å². The van der Waals surface area contributed by atoms with Crippen molar-refractivity contribution in [1.29, 1.82) is 0 Å². The Morgan fingerprint density at radius 1 is 1.02 bits per heavy atom. The second-order valence-corrected chi connectivity index (χ2v) is 12.0. The van der Waals surface area contributed by atoms with Crippen molar-refractivity contribution in [2.75, 3.05) is 6.54 Å². The summed E-state index contributed by atoms with van der Waals surface area (Å²) in [6.45, 7) is 5.37. The van der Waals surface area contributed by atoms with E-state index in [9.17, 15) is 9.18 Å². The Morgan fingerprint density at radius 3 is 2.45 bits per heavy atom. The first kappa shape index (κ1) is 29.7. The molecule has 2 heterocycles. The number of benzene rings is 3. The predicted molar refractivity (Wildman–Crippen MR) is 173 cm³/mol. The van der Waals surface area contributed by atoms with Gasteiger partial charge in [-0.1, -0.05) is 87.4 Å². The summed E-state index contributed by atoms with van der Waals surface area (Å²) in [5, 5.41) is 4.91. The topological polar surface area (TPSA) is 47.4 Å². The van der Waals surface area contributed by atoms with Crippen LogP contribution in [-0.2, 0) is 11.4 Å². The molecule has 3 aromatic carbocycles. The molecule has 1 atom stereocenters. The summed E-state index contributed by atoms with van der Waals surface area (Å²) in [4.78, 5) is 15.9. The summed E-state index contributed by atoms with van der Waals surface area (Å²) in [5.41, 5.74) is 4.29. The van der Waals surface area contributed by atoms with Gasteiger partial charge in [0.05, 0.1) is 16.3 Å². The average molecular weight is 600 g/mol. The number of carbonyl (C=O) groups is 1. The van der Waals surface area contributed by atoms with E-state index in [-0.39, 0.29) is 11.7 Å². The molecule has 1 aromatic heterocycles. The highest BCUT2D eigenvalue weighted by Gasteiger charge is 2.33. The smallest absolute Gasteiger partial charge is 0.266 e. The van der Waals surface area contributed by atoms with Crippen LogP contribution in [0.25, 0.3) is 23.0 Å². The first-order chi connectivity index (χ1) is 20.4. The molecule has 5 rings (SSSR count). The maximum atomic E-state index is 13.5. The number of rotatable bonds is 12. The largest absolute Gasteiger partial charge is 0.489 e. The number of thiocarbonyl (C=S) groups is 1. The fraction of sp³-hybridized carbons (Fsp3) is 0.265. The number of thioether (sulfide) groups is 1. The maximum Gasteiger partial charge on any atom is 0.266 e. The van der Waals surface area contributed by atoms with Gasteiger partial charge < -0.3 is 4.74 Å². The van der Waals surface area contributed by atoms with Crippen molar-refractivity contribution in [3.63, 3.8) is 0 Å². The van der Waals surface area contributed by atoms with Gasteiger partial charge in [-0.25, -0.2) is 9.07 Å². The molecule has 0 radical (unpaired) electrons. The fourth-order valence-corrected chi connectivity index (χ4v) is 6.13. The van der Waals surface area contributed by atoms with Gasteiger partial charge in [-0.2, -0.15) is 5.10 Å². The SMILES string of the molecule is CCCCC(CC)CN1C(=O)C(=Cc2cn(-c3ccccc3)nc2-c2ccc(OCc3ccc(F)cc3)cc2)SC1=S. The lowest BCUT2D eigenvalue weighted by Gasteiger charge is -2.21. The van der Waals surface area contributed by atoms with E-state index in [1.807, 2.05) is 71.6 Å². The standard InChI is InChI=1S/C34H34FN3O2S2/c1-3-5-9-24(4-2)21-37-33(39)31(42-34(37)41)20-27-22-38(29-10-7-6-8-11-29)36-32(27)26-14-18-30(19-15-26)40-23-25-12-16-28(35)17-13-25/h6-8,10-20,22,24H,3-5,9,21,23H2,1-2H3. The second kappa shape index (κ2) is 13.9. The molecule has 0 N–H and O–H groups in total. The monoisotopic (exact) mass is 599 g/mol. The van der Waals surface area contributed by atoms with Crippen molar-refractivity contribution < 1.29 is 13.9 Å². The van der Waals surface area contributed by atoms with Crippen LogP contribution in [0.4, 0.5) is 4.39 Å². The highest BCUT2D eigenvalue weighted by Crippen LogP contribution is 2.36. The molecule has 1 saturated heterocycles. The summed E-state index contributed by atoms with van der Waals surface area (Å²) < 4.78 is 21.6. The zero-order valence-electron chi connectivity index (χ0n) is 23.8. The van der Waals surface area contributed by atoms with Gasteiger partial charge in [-0.3, -0.25) is 9.69 Å². The normalized spacial score (nSPS) is 15.0. The lowest BCUT2D eigenvalue weighted by Crippen LogP contribution is -2.33. The molecule has 42 heavy (non-hydrogen) atoms. The number of unbranched alkanes of at least 4 members (excludes halogenated alkanes) is 1. The molecule has 1 aliphatic heterocycles. The highest BCUT2D eigenvalue weighted by atomic mass is 32.2. The van der Waals surface area contributed by atoms with Crippen molar-refractivity contribution in [3.05, 3.63) is 107 Å². The third-order valence-electron chi connectivity index (χ3n) is 7.35. The van der Waals surface area contributed by atoms with Crippen LogP contribution in [0.15, 0.2) is 90.0 Å². The lowest BCUT2D eigenvalue weighted by molar-refractivity contribution is -0.122. The van der Waals surface area contributed by atoms with Gasteiger partial charge in [-0.05, 0) is 72.5 Å². The Morgan fingerprint density at radius 2 is 1.76 bits per heavy atom. The van der Waals surface area contributed by atoms with Crippen LogP contribution < -0.4 is 4.74 Å². The molecule has 8 heteroatoms. The van der Waals surface area contributed by atoms with E-state index in [1.165, 1.54) is 23.9 Å². The molecular formula is C34H34FN3O2S2. The summed E-state index contributed by atoms with van der Waals surface area (Å²) >= 11 is 7.01. The Balaban J connectivity index is 1.40. The van der Waals surface area contributed by atoms with Crippen LogP contribution in [-0.4, -0.2) is 31.5 Å². The molecule has 216 valence electrons. The minimum Gasteiger partial charge on any atom is -0.489 e. The summed E-state index contributed by atoms with van der Waals surface area (Å²) in [5.74, 6) is 0.824. The Hall–Kier alpha value is -3.75. The van der Waals surface area contributed by atoms with E-state index >= 15 is 0 Å². The Kier molecular flexibility index (Phi) is 9.87. The fourth-order valence-electron chi connectivity index (χ4n) is 4.86. The molecule has 0 spiro atoms. The van der Waals surface area contributed by atoms with Gasteiger partial charge in [-0.15, -0.1) is 0 Å². The first-order valence-electron chi connectivity index (χ1n) is 14.3. The van der Waals surface area contributed by atoms with Crippen LogP contribution in [0.2, 0.25) is 0 Å². The van der Waals surface area contributed by atoms with Crippen LogP contribution in [0, 0.1) is 11.7 Å². The molecule has 1 fully saturated rings. The van der Waals surface area contributed by atoms with Gasteiger partial charge in [0.15, 0.2) is 0 Å². The second-order valence-electron chi connectivity index (χ2n) is 10.4. The molecule has 0 bridgehead atoms. The van der Waals surface area contributed by atoms with Gasteiger partial charge >= 0.3 is 0 Å². The average Bonchev–Trinajstić information content (AvgIpc) is 3.55. The molecule has 1 unspecified atom stereocenters. The van der Waals surface area contributed by atoms with Gasteiger partial charge in [0.25, 0.3) is 5.91 Å².